The highest BCUT2D eigenvalue weighted by molar-refractivity contribution is 5.80. The Morgan fingerprint density at radius 2 is 2.08 bits per heavy atom. The van der Waals surface area contributed by atoms with Crippen LogP contribution in [-0.4, -0.2) is 17.6 Å². The second-order valence-electron chi connectivity index (χ2n) is 2.63. The fourth-order valence-electron chi connectivity index (χ4n) is 0.941. The highest BCUT2D eigenvalue weighted by atomic mass is 16.4. The molecular weight excluding hydrogens is 166 g/mol. The Hall–Kier alpha value is -1.71. The van der Waals surface area contributed by atoms with E-state index in [0.717, 1.165) is 5.69 Å². The number of anilines is 1. The number of para-hydroxylation sites is 1. The lowest BCUT2D eigenvalue weighted by molar-refractivity contribution is 0.317. The van der Waals surface area contributed by atoms with Gasteiger partial charge in [-0.3, -0.25) is 0 Å². The number of nitrogens with two attached hydrogens (primary N) is 1. The van der Waals surface area contributed by atoms with Crippen LogP contribution in [0.5, 0.6) is 0 Å². The normalized spacial score (nSPS) is 11.2. The van der Waals surface area contributed by atoms with Gasteiger partial charge in [-0.15, -0.1) is 0 Å². The van der Waals surface area contributed by atoms with Gasteiger partial charge in [-0.25, -0.2) is 0 Å². The van der Waals surface area contributed by atoms with E-state index in [9.17, 15) is 0 Å². The van der Waals surface area contributed by atoms with Gasteiger partial charge in [0.15, 0.2) is 0 Å². The highest BCUT2D eigenvalue weighted by Crippen LogP contribution is 2.04. The molecule has 0 amide bonds. The Morgan fingerprint density at radius 3 is 2.69 bits per heavy atom. The summed E-state index contributed by atoms with van der Waals surface area (Å²) in [5.74, 6) is 0.239. The van der Waals surface area contributed by atoms with Crippen molar-refractivity contribution < 1.29 is 5.21 Å². The maximum Gasteiger partial charge on any atom is 0.140 e. The molecule has 0 bridgehead atoms. The lowest BCUT2D eigenvalue weighted by atomic mass is 10.3. The average molecular weight is 179 g/mol. The molecule has 0 aromatic heterocycles. The number of rotatable bonds is 4. The van der Waals surface area contributed by atoms with Crippen LogP contribution in [0.25, 0.3) is 0 Å². The molecule has 0 fully saturated rings. The van der Waals surface area contributed by atoms with E-state index >= 15 is 0 Å². The second kappa shape index (κ2) is 5.03. The molecule has 0 atom stereocenters. The number of oxime groups is 1. The summed E-state index contributed by atoms with van der Waals surface area (Å²) in [4.78, 5) is 0. The van der Waals surface area contributed by atoms with E-state index in [4.69, 9.17) is 10.9 Å². The van der Waals surface area contributed by atoms with Gasteiger partial charge in [0.1, 0.15) is 5.84 Å². The number of nitrogens with one attached hydrogen (secondary N) is 1. The van der Waals surface area contributed by atoms with Crippen LogP contribution in [0.3, 0.4) is 0 Å². The average Bonchev–Trinajstić information content (AvgIpc) is 2.19. The molecule has 0 radical (unpaired) electrons. The smallest absolute Gasteiger partial charge is 0.140 e. The van der Waals surface area contributed by atoms with Crippen LogP contribution in [0, 0.1) is 0 Å². The summed E-state index contributed by atoms with van der Waals surface area (Å²) in [5, 5.41) is 14.3. The monoisotopic (exact) mass is 179 g/mol. The van der Waals surface area contributed by atoms with Crippen molar-refractivity contribution in [1.29, 1.82) is 0 Å². The molecular formula is C9H13N3O. The molecule has 0 spiro atoms. The molecule has 0 aliphatic carbocycles. The lowest BCUT2D eigenvalue weighted by Crippen LogP contribution is -2.16. The zero-order valence-electron chi connectivity index (χ0n) is 7.27. The third-order valence-corrected chi connectivity index (χ3v) is 1.61. The molecule has 13 heavy (non-hydrogen) atoms. The summed E-state index contributed by atoms with van der Waals surface area (Å²) in [7, 11) is 0. The van der Waals surface area contributed by atoms with Gasteiger partial charge in [0.25, 0.3) is 0 Å². The van der Waals surface area contributed by atoms with Gasteiger partial charge in [0.2, 0.25) is 0 Å². The van der Waals surface area contributed by atoms with Crippen molar-refractivity contribution in [2.45, 2.75) is 6.42 Å². The SMILES string of the molecule is NC(CCNc1ccccc1)=NO. The quantitative estimate of drug-likeness (QED) is 0.282. The fourth-order valence-corrected chi connectivity index (χ4v) is 0.941. The Bertz CT molecular complexity index is 271. The van der Waals surface area contributed by atoms with Crippen LogP contribution >= 0.6 is 0 Å². The van der Waals surface area contributed by atoms with Gasteiger partial charge in [-0.2, -0.15) is 0 Å². The predicted octanol–water partition coefficient (Wildman–Crippen LogP) is 1.23. The molecule has 0 unspecified atom stereocenters. The van der Waals surface area contributed by atoms with Crippen molar-refractivity contribution in [3.8, 4) is 0 Å². The third-order valence-electron chi connectivity index (χ3n) is 1.61. The van der Waals surface area contributed by atoms with Crippen molar-refractivity contribution in [3.63, 3.8) is 0 Å². The van der Waals surface area contributed by atoms with E-state index in [1.807, 2.05) is 30.3 Å². The van der Waals surface area contributed by atoms with Gasteiger partial charge in [-0.05, 0) is 12.1 Å². The maximum atomic E-state index is 8.27. The summed E-state index contributed by atoms with van der Waals surface area (Å²) in [6.07, 6.45) is 0.533. The number of hydrogen-bond acceptors (Lipinski definition) is 3. The van der Waals surface area contributed by atoms with Crippen molar-refractivity contribution in [2.75, 3.05) is 11.9 Å². The molecule has 1 rings (SSSR count). The molecule has 0 aliphatic rings. The first-order chi connectivity index (χ1) is 6.33. The van der Waals surface area contributed by atoms with Crippen LogP contribution < -0.4 is 11.1 Å². The van der Waals surface area contributed by atoms with Crippen LogP contribution in [0.1, 0.15) is 6.42 Å². The van der Waals surface area contributed by atoms with E-state index in [-0.39, 0.29) is 5.84 Å². The van der Waals surface area contributed by atoms with Gasteiger partial charge < -0.3 is 16.3 Å². The molecule has 4 nitrogen and oxygen atoms in total. The van der Waals surface area contributed by atoms with E-state index < -0.39 is 0 Å². The first-order valence-corrected chi connectivity index (χ1v) is 4.08. The zero-order chi connectivity index (χ0) is 9.52. The van der Waals surface area contributed by atoms with Gasteiger partial charge in [0.05, 0.1) is 0 Å². The minimum absolute atomic E-state index is 0.239. The van der Waals surface area contributed by atoms with Gasteiger partial charge in [0, 0.05) is 18.7 Å². The summed E-state index contributed by atoms with van der Waals surface area (Å²) in [6.45, 7) is 0.667. The highest BCUT2D eigenvalue weighted by Gasteiger charge is 1.92. The Labute approximate surface area is 77.1 Å². The topological polar surface area (TPSA) is 70.6 Å². The lowest BCUT2D eigenvalue weighted by Gasteiger charge is -2.04. The maximum absolute atomic E-state index is 8.27. The van der Waals surface area contributed by atoms with E-state index in [1.54, 1.807) is 0 Å². The Balaban J connectivity index is 2.28. The van der Waals surface area contributed by atoms with Crippen LogP contribution in [0.4, 0.5) is 5.69 Å². The standard InChI is InChI=1S/C9H13N3O/c10-9(12-13)6-7-11-8-4-2-1-3-5-8/h1-5,11,13H,6-7H2,(H2,10,12). The van der Waals surface area contributed by atoms with Crippen molar-refractivity contribution in [2.24, 2.45) is 10.9 Å². The molecule has 0 saturated heterocycles. The van der Waals surface area contributed by atoms with Gasteiger partial charge in [-0.1, -0.05) is 23.4 Å². The minimum Gasteiger partial charge on any atom is -0.409 e. The Kier molecular flexibility index (Phi) is 3.63. The number of benzene rings is 1. The van der Waals surface area contributed by atoms with E-state index in [2.05, 4.69) is 10.5 Å². The first-order valence-electron chi connectivity index (χ1n) is 4.08. The van der Waals surface area contributed by atoms with Crippen LogP contribution in [0.2, 0.25) is 0 Å². The minimum atomic E-state index is 0.239. The predicted molar refractivity (Wildman–Crippen MR) is 53.0 cm³/mol. The Morgan fingerprint density at radius 1 is 1.38 bits per heavy atom. The van der Waals surface area contributed by atoms with Crippen molar-refractivity contribution in [1.82, 2.24) is 0 Å². The fraction of sp³-hybridized carbons (Fsp3) is 0.222. The number of nitrogens with zero attached hydrogens (tertiary/aromatic N) is 1. The molecule has 0 heterocycles. The number of amidine groups is 1. The number of hydrogen-bond donors (Lipinski definition) is 3. The van der Waals surface area contributed by atoms with Crippen LogP contribution in [-0.2, 0) is 0 Å². The molecule has 70 valence electrons. The molecule has 1 aromatic carbocycles. The third kappa shape index (κ3) is 3.46. The largest absolute Gasteiger partial charge is 0.409 e. The first kappa shape index (κ1) is 9.38. The van der Waals surface area contributed by atoms with Gasteiger partial charge >= 0.3 is 0 Å². The van der Waals surface area contributed by atoms with E-state index in [0.29, 0.717) is 13.0 Å². The molecule has 4 heteroatoms. The van der Waals surface area contributed by atoms with E-state index in [1.165, 1.54) is 0 Å². The summed E-state index contributed by atoms with van der Waals surface area (Å²) in [5.41, 5.74) is 6.33. The van der Waals surface area contributed by atoms with Crippen molar-refractivity contribution >= 4 is 11.5 Å². The summed E-state index contributed by atoms with van der Waals surface area (Å²) < 4.78 is 0. The molecule has 0 aliphatic heterocycles. The second-order valence-corrected chi connectivity index (χ2v) is 2.63. The van der Waals surface area contributed by atoms with Crippen LogP contribution in [0.15, 0.2) is 35.5 Å². The summed E-state index contributed by atoms with van der Waals surface area (Å²) in [6, 6.07) is 9.78. The zero-order valence-corrected chi connectivity index (χ0v) is 7.27. The molecule has 0 saturated carbocycles. The summed E-state index contributed by atoms with van der Waals surface area (Å²) >= 11 is 0. The molecule has 1 aromatic rings. The van der Waals surface area contributed by atoms with Crippen molar-refractivity contribution in [3.05, 3.63) is 30.3 Å². The molecule has 4 N–H and O–H groups in total.